The number of nitrogens with zero attached hydrogens (tertiary/aromatic N) is 3. The van der Waals surface area contributed by atoms with Crippen LogP contribution in [0, 0.1) is 0 Å². The minimum Gasteiger partial charge on any atom is -0.477 e. The summed E-state index contributed by atoms with van der Waals surface area (Å²) in [5, 5.41) is 5.13. The van der Waals surface area contributed by atoms with Gasteiger partial charge in [0.1, 0.15) is 0 Å². The lowest BCUT2D eigenvalue weighted by Gasteiger charge is -2.26. The topological polar surface area (TPSA) is 47.4 Å². The number of halogens is 2. The molecule has 1 aromatic carbocycles. The van der Waals surface area contributed by atoms with Crippen molar-refractivity contribution in [2.75, 3.05) is 26.2 Å². The minimum atomic E-state index is -0.273. The van der Waals surface area contributed by atoms with Crippen molar-refractivity contribution in [2.24, 2.45) is 0 Å². The molecule has 2 aromatic rings. The SMILES string of the molecule is O=c1ccc(OCCCN2CCCCC2)nn1-c1ccc(Cl)cc1Cl. The van der Waals surface area contributed by atoms with Gasteiger partial charge in [-0.3, -0.25) is 4.79 Å². The highest BCUT2D eigenvalue weighted by molar-refractivity contribution is 6.35. The fraction of sp³-hybridized carbons (Fsp3) is 0.444. The first-order valence-electron chi connectivity index (χ1n) is 8.54. The molecular weight excluding hydrogens is 361 g/mol. The van der Waals surface area contributed by atoms with E-state index in [0.717, 1.165) is 13.0 Å². The lowest BCUT2D eigenvalue weighted by atomic mass is 10.1. The Morgan fingerprint density at radius 1 is 1.08 bits per heavy atom. The van der Waals surface area contributed by atoms with Crippen LogP contribution in [-0.4, -0.2) is 40.9 Å². The number of hydrogen-bond acceptors (Lipinski definition) is 4. The number of aromatic nitrogens is 2. The third kappa shape index (κ3) is 4.97. The first kappa shape index (κ1) is 18.2. The van der Waals surface area contributed by atoms with Crippen LogP contribution in [0.15, 0.2) is 35.1 Å². The van der Waals surface area contributed by atoms with Crippen LogP contribution in [0.2, 0.25) is 10.0 Å². The molecule has 25 heavy (non-hydrogen) atoms. The molecule has 3 rings (SSSR count). The molecule has 134 valence electrons. The van der Waals surface area contributed by atoms with Gasteiger partial charge in [-0.1, -0.05) is 29.6 Å². The number of benzene rings is 1. The Kier molecular flexibility index (Phi) is 6.34. The summed E-state index contributed by atoms with van der Waals surface area (Å²) in [6, 6.07) is 7.93. The number of likely N-dealkylation sites (tertiary alicyclic amines) is 1. The molecule has 0 N–H and O–H groups in total. The minimum absolute atomic E-state index is 0.273. The molecule has 0 aliphatic carbocycles. The Hall–Kier alpha value is -1.56. The van der Waals surface area contributed by atoms with Crippen molar-refractivity contribution in [3.05, 3.63) is 50.7 Å². The highest BCUT2D eigenvalue weighted by Gasteiger charge is 2.11. The molecule has 0 saturated carbocycles. The molecule has 1 aliphatic rings. The fourth-order valence-electron chi connectivity index (χ4n) is 2.94. The van der Waals surface area contributed by atoms with Gasteiger partial charge in [-0.2, -0.15) is 4.68 Å². The summed E-state index contributed by atoms with van der Waals surface area (Å²) in [7, 11) is 0. The lowest BCUT2D eigenvalue weighted by molar-refractivity contribution is 0.202. The summed E-state index contributed by atoms with van der Waals surface area (Å²) in [6.07, 6.45) is 4.85. The van der Waals surface area contributed by atoms with E-state index in [4.69, 9.17) is 27.9 Å². The monoisotopic (exact) mass is 381 g/mol. The van der Waals surface area contributed by atoms with E-state index in [-0.39, 0.29) is 5.56 Å². The summed E-state index contributed by atoms with van der Waals surface area (Å²) in [4.78, 5) is 14.6. The molecule has 1 aliphatic heterocycles. The van der Waals surface area contributed by atoms with E-state index < -0.39 is 0 Å². The lowest BCUT2D eigenvalue weighted by Crippen LogP contribution is -2.31. The Labute approximate surface area is 157 Å². The summed E-state index contributed by atoms with van der Waals surface area (Å²) < 4.78 is 6.95. The Morgan fingerprint density at radius 2 is 1.88 bits per heavy atom. The maximum absolute atomic E-state index is 12.1. The zero-order valence-electron chi connectivity index (χ0n) is 14.0. The normalized spacial score (nSPS) is 15.3. The van der Waals surface area contributed by atoms with Crippen LogP contribution in [0.4, 0.5) is 0 Å². The standard InChI is InChI=1S/C18H21Cl2N3O2/c19-14-5-6-16(15(20)13-14)23-18(24)8-7-17(21-23)25-12-4-11-22-9-2-1-3-10-22/h5-8,13H,1-4,9-12H2. The smallest absolute Gasteiger partial charge is 0.271 e. The van der Waals surface area contributed by atoms with Crippen molar-refractivity contribution in [1.29, 1.82) is 0 Å². The van der Waals surface area contributed by atoms with E-state index in [1.165, 1.54) is 43.1 Å². The van der Waals surface area contributed by atoms with Crippen molar-refractivity contribution in [1.82, 2.24) is 14.7 Å². The molecule has 5 nitrogen and oxygen atoms in total. The largest absolute Gasteiger partial charge is 0.477 e. The second-order valence-electron chi connectivity index (χ2n) is 6.12. The van der Waals surface area contributed by atoms with Crippen LogP contribution in [0.1, 0.15) is 25.7 Å². The molecule has 0 atom stereocenters. The number of rotatable bonds is 6. The predicted molar refractivity (Wildman–Crippen MR) is 100 cm³/mol. The van der Waals surface area contributed by atoms with Gasteiger partial charge < -0.3 is 9.64 Å². The van der Waals surface area contributed by atoms with Gasteiger partial charge in [-0.05, 0) is 50.6 Å². The van der Waals surface area contributed by atoms with Gasteiger partial charge in [0.15, 0.2) is 0 Å². The van der Waals surface area contributed by atoms with E-state index in [1.807, 2.05) is 0 Å². The van der Waals surface area contributed by atoms with E-state index in [1.54, 1.807) is 24.3 Å². The van der Waals surface area contributed by atoms with E-state index in [2.05, 4.69) is 10.00 Å². The van der Waals surface area contributed by atoms with Gasteiger partial charge in [0.25, 0.3) is 5.56 Å². The van der Waals surface area contributed by atoms with Crippen molar-refractivity contribution in [3.8, 4) is 11.6 Å². The van der Waals surface area contributed by atoms with Gasteiger partial charge >= 0.3 is 0 Å². The van der Waals surface area contributed by atoms with Crippen LogP contribution in [-0.2, 0) is 0 Å². The average Bonchev–Trinajstić information content (AvgIpc) is 2.61. The van der Waals surface area contributed by atoms with Crippen molar-refractivity contribution >= 4 is 23.2 Å². The second kappa shape index (κ2) is 8.70. The van der Waals surface area contributed by atoms with Crippen LogP contribution < -0.4 is 10.3 Å². The van der Waals surface area contributed by atoms with Crippen molar-refractivity contribution in [3.63, 3.8) is 0 Å². The van der Waals surface area contributed by atoms with E-state index >= 15 is 0 Å². The molecule has 7 heteroatoms. The van der Waals surface area contributed by atoms with Crippen LogP contribution in [0.25, 0.3) is 5.69 Å². The number of hydrogen-bond donors (Lipinski definition) is 0. The molecule has 1 saturated heterocycles. The maximum atomic E-state index is 12.1. The highest BCUT2D eigenvalue weighted by atomic mass is 35.5. The fourth-order valence-corrected chi connectivity index (χ4v) is 3.43. The summed E-state index contributed by atoms with van der Waals surface area (Å²) in [6.45, 7) is 3.95. The summed E-state index contributed by atoms with van der Waals surface area (Å²) in [5.74, 6) is 0.407. The maximum Gasteiger partial charge on any atom is 0.271 e. The van der Waals surface area contributed by atoms with Gasteiger partial charge in [0, 0.05) is 23.7 Å². The van der Waals surface area contributed by atoms with Crippen LogP contribution in [0.3, 0.4) is 0 Å². The Balaban J connectivity index is 1.62. The molecule has 0 unspecified atom stereocenters. The predicted octanol–water partition coefficient (Wildman–Crippen LogP) is 3.79. The molecule has 1 aromatic heterocycles. The molecular formula is C18H21Cl2N3O2. The Bertz CT molecular complexity index is 773. The van der Waals surface area contributed by atoms with Gasteiger partial charge in [-0.25, -0.2) is 0 Å². The summed E-state index contributed by atoms with van der Waals surface area (Å²) in [5.41, 5.74) is 0.208. The molecule has 0 bridgehead atoms. The molecule has 1 fully saturated rings. The first-order chi connectivity index (χ1) is 12.1. The van der Waals surface area contributed by atoms with Crippen molar-refractivity contribution < 1.29 is 4.74 Å². The van der Waals surface area contributed by atoms with Gasteiger partial charge in [0.2, 0.25) is 5.88 Å². The Morgan fingerprint density at radius 3 is 2.64 bits per heavy atom. The first-order valence-corrected chi connectivity index (χ1v) is 9.30. The van der Waals surface area contributed by atoms with Crippen LogP contribution >= 0.6 is 23.2 Å². The number of piperidine rings is 1. The summed E-state index contributed by atoms with van der Waals surface area (Å²) >= 11 is 12.1. The highest BCUT2D eigenvalue weighted by Crippen LogP contribution is 2.23. The third-order valence-electron chi connectivity index (χ3n) is 4.23. The molecule has 2 heterocycles. The number of ether oxygens (including phenoxy) is 1. The molecule has 0 radical (unpaired) electrons. The van der Waals surface area contributed by atoms with E-state index in [0.29, 0.717) is 28.2 Å². The van der Waals surface area contributed by atoms with Crippen LogP contribution in [0.5, 0.6) is 5.88 Å². The molecule has 0 spiro atoms. The zero-order chi connectivity index (χ0) is 17.6. The quantitative estimate of drug-likeness (QED) is 0.714. The zero-order valence-corrected chi connectivity index (χ0v) is 15.5. The van der Waals surface area contributed by atoms with Gasteiger partial charge in [0.05, 0.1) is 17.3 Å². The average molecular weight is 382 g/mol. The van der Waals surface area contributed by atoms with E-state index in [9.17, 15) is 4.79 Å². The second-order valence-corrected chi connectivity index (χ2v) is 6.97. The molecule has 0 amide bonds. The van der Waals surface area contributed by atoms with Crippen molar-refractivity contribution in [2.45, 2.75) is 25.7 Å². The van der Waals surface area contributed by atoms with Gasteiger partial charge in [-0.15, -0.1) is 5.10 Å². The third-order valence-corrected chi connectivity index (χ3v) is 4.77.